The molecule has 3 aromatic rings. The Morgan fingerprint density at radius 3 is 2.79 bits per heavy atom. The Balaban J connectivity index is 0.00000208. The average Bonchev–Trinajstić information content (AvgIpc) is 3.09. The van der Waals surface area contributed by atoms with Gasteiger partial charge >= 0.3 is 29.6 Å². The molecule has 0 spiro atoms. The number of fused-ring (bicyclic) bond motifs is 1. The van der Waals surface area contributed by atoms with E-state index in [-0.39, 0.29) is 35.3 Å². The molecule has 0 saturated heterocycles. The van der Waals surface area contributed by atoms with Crippen LogP contribution in [-0.2, 0) is 6.42 Å². The Kier molecular flexibility index (Phi) is 6.47. The second kappa shape index (κ2) is 7.99. The van der Waals surface area contributed by atoms with Crippen LogP contribution in [0.2, 0.25) is 5.02 Å². The van der Waals surface area contributed by atoms with E-state index in [2.05, 4.69) is 9.88 Å². The molecule has 2 aromatic heterocycles. The second-order valence-electron chi connectivity index (χ2n) is 5.54. The number of carbonyl (C=O) groups excluding carboxylic acids is 1. The maximum atomic E-state index is 10.9. The Bertz CT molecular complexity index is 875. The van der Waals surface area contributed by atoms with E-state index < -0.39 is 5.97 Å². The van der Waals surface area contributed by atoms with E-state index in [1.165, 1.54) is 22.3 Å². The molecule has 0 aliphatic rings. The number of benzene rings is 1. The number of nitrogens with zero attached hydrogens (tertiary/aromatic N) is 3. The Labute approximate surface area is 171 Å². The zero-order chi connectivity index (χ0) is 16.6. The number of carboxylic acid groups (broad SMARTS) is 1. The van der Waals surface area contributed by atoms with Crippen molar-refractivity contribution in [2.24, 2.45) is 0 Å². The fraction of sp³-hybridized carbons (Fsp3) is 0.250. The predicted octanol–water partition coefficient (Wildman–Crippen LogP) is -0.788. The van der Waals surface area contributed by atoms with Gasteiger partial charge in [0.05, 0.1) is 17.2 Å². The van der Waals surface area contributed by atoms with Crippen LogP contribution in [0.25, 0.3) is 16.0 Å². The van der Waals surface area contributed by atoms with Crippen molar-refractivity contribution in [2.45, 2.75) is 6.42 Å². The van der Waals surface area contributed by atoms with Crippen molar-refractivity contribution in [2.75, 3.05) is 20.6 Å². The van der Waals surface area contributed by atoms with E-state index in [9.17, 15) is 9.90 Å². The fourth-order valence-electron chi connectivity index (χ4n) is 2.44. The Hall–Kier alpha value is -0.890. The molecule has 2 heterocycles. The van der Waals surface area contributed by atoms with Crippen LogP contribution in [0.1, 0.15) is 16.1 Å². The van der Waals surface area contributed by atoms with E-state index >= 15 is 0 Å². The summed E-state index contributed by atoms with van der Waals surface area (Å²) in [4.78, 5) is 17.2. The first-order chi connectivity index (χ1) is 11.0. The van der Waals surface area contributed by atoms with Crippen LogP contribution < -0.4 is 34.7 Å². The van der Waals surface area contributed by atoms with Gasteiger partial charge in [-0.05, 0) is 38.2 Å². The topological polar surface area (TPSA) is 61.2 Å². The molecule has 0 saturated carbocycles. The van der Waals surface area contributed by atoms with Gasteiger partial charge in [-0.2, -0.15) is 0 Å². The van der Waals surface area contributed by atoms with Crippen LogP contribution >= 0.6 is 22.9 Å². The third-order valence-corrected chi connectivity index (χ3v) is 4.66. The largest absolute Gasteiger partial charge is 1.00 e. The van der Waals surface area contributed by atoms with Crippen LogP contribution in [0.5, 0.6) is 0 Å². The van der Waals surface area contributed by atoms with Crippen LogP contribution in [0, 0.1) is 0 Å². The molecular formula is C16H15ClN3NaO2S. The van der Waals surface area contributed by atoms with Gasteiger partial charge in [0.15, 0.2) is 5.13 Å². The smallest absolute Gasteiger partial charge is 0.543 e. The third kappa shape index (κ3) is 4.02. The van der Waals surface area contributed by atoms with Crippen LogP contribution in [0.15, 0.2) is 29.8 Å². The quantitative estimate of drug-likeness (QED) is 0.552. The molecular weight excluding hydrogens is 357 g/mol. The first-order valence-corrected chi connectivity index (χ1v) is 8.33. The summed E-state index contributed by atoms with van der Waals surface area (Å²) in [6.07, 6.45) is 2.89. The second-order valence-corrected chi connectivity index (χ2v) is 6.81. The van der Waals surface area contributed by atoms with E-state index in [0.717, 1.165) is 23.9 Å². The minimum Gasteiger partial charge on any atom is -0.543 e. The number of rotatable bonds is 5. The van der Waals surface area contributed by atoms with E-state index in [1.807, 2.05) is 43.1 Å². The number of hydrogen-bond donors (Lipinski definition) is 0. The van der Waals surface area contributed by atoms with Gasteiger partial charge in [-0.1, -0.05) is 17.7 Å². The number of aromatic nitrogens is 2. The monoisotopic (exact) mass is 371 g/mol. The van der Waals surface area contributed by atoms with Crippen LogP contribution in [0.3, 0.4) is 0 Å². The van der Waals surface area contributed by atoms with Crippen LogP contribution in [0.4, 0.5) is 0 Å². The van der Waals surface area contributed by atoms with Crippen molar-refractivity contribution < 1.29 is 39.5 Å². The molecule has 3 rings (SSSR count). The molecule has 0 N–H and O–H groups in total. The minimum atomic E-state index is -1.27. The summed E-state index contributed by atoms with van der Waals surface area (Å²) in [5.41, 5.74) is 2.05. The molecule has 0 unspecified atom stereocenters. The summed E-state index contributed by atoms with van der Waals surface area (Å²) in [5, 5.41) is 14.8. The minimum absolute atomic E-state index is 0. The van der Waals surface area contributed by atoms with Crippen molar-refractivity contribution in [1.29, 1.82) is 0 Å². The summed E-state index contributed by atoms with van der Waals surface area (Å²) < 4.78 is 1.89. The molecule has 24 heavy (non-hydrogen) atoms. The maximum Gasteiger partial charge on any atom is 1.00 e. The summed E-state index contributed by atoms with van der Waals surface area (Å²) in [5.74, 6) is -1.27. The predicted molar refractivity (Wildman–Crippen MR) is 90.5 cm³/mol. The molecule has 0 aliphatic carbocycles. The molecule has 1 aromatic carbocycles. The van der Waals surface area contributed by atoms with Crippen molar-refractivity contribution in [3.63, 3.8) is 0 Å². The van der Waals surface area contributed by atoms with Crippen LogP contribution in [-0.4, -0.2) is 41.1 Å². The zero-order valence-electron chi connectivity index (χ0n) is 13.7. The molecule has 0 aliphatic heterocycles. The summed E-state index contributed by atoms with van der Waals surface area (Å²) in [6, 6.07) is 5.73. The van der Waals surface area contributed by atoms with Gasteiger partial charge in [-0.15, -0.1) is 11.3 Å². The van der Waals surface area contributed by atoms with E-state index in [0.29, 0.717) is 10.2 Å². The van der Waals surface area contributed by atoms with E-state index in [1.54, 1.807) is 0 Å². The third-order valence-electron chi connectivity index (χ3n) is 3.59. The fourth-order valence-corrected chi connectivity index (χ4v) is 3.39. The van der Waals surface area contributed by atoms with Crippen molar-refractivity contribution in [3.05, 3.63) is 46.1 Å². The molecule has 0 radical (unpaired) electrons. The first kappa shape index (κ1) is 19.4. The molecule has 0 atom stereocenters. The standard InChI is InChI=1S/C16H16ClN3O2S.Na/c1-19(2)6-5-10-8-20(14-7-11(17)3-4-12(10)14)16-18-13(9-23-16)15(21)22;/h3-4,7-9H,5-6H2,1-2H3,(H,21,22);/q;+1/p-1. The molecule has 8 heteroatoms. The van der Waals surface area contributed by atoms with E-state index in [4.69, 9.17) is 11.6 Å². The van der Waals surface area contributed by atoms with Gasteiger partial charge in [-0.3, -0.25) is 4.57 Å². The van der Waals surface area contributed by atoms with Gasteiger partial charge in [-0.25, -0.2) is 4.98 Å². The molecule has 0 amide bonds. The Morgan fingerprint density at radius 1 is 1.42 bits per heavy atom. The Morgan fingerprint density at radius 2 is 2.17 bits per heavy atom. The molecule has 5 nitrogen and oxygen atoms in total. The zero-order valence-corrected chi connectivity index (χ0v) is 17.3. The SMILES string of the molecule is CN(C)CCc1cn(-c2nc(C(=O)[O-])cs2)c2cc(Cl)ccc12.[Na+]. The van der Waals surface area contributed by atoms with Gasteiger partial charge in [0.2, 0.25) is 0 Å². The average molecular weight is 372 g/mol. The van der Waals surface area contributed by atoms with Gasteiger partial charge in [0.1, 0.15) is 0 Å². The number of halogens is 1. The van der Waals surface area contributed by atoms with Crippen molar-refractivity contribution in [3.8, 4) is 5.13 Å². The number of likely N-dealkylation sites (N-methyl/N-ethyl adjacent to an activating group) is 1. The normalized spacial score (nSPS) is 11.0. The molecule has 120 valence electrons. The van der Waals surface area contributed by atoms with Crippen molar-refractivity contribution in [1.82, 2.24) is 14.5 Å². The number of carboxylic acids is 1. The number of hydrogen-bond acceptors (Lipinski definition) is 5. The van der Waals surface area contributed by atoms with Gasteiger partial charge < -0.3 is 14.8 Å². The van der Waals surface area contributed by atoms with Crippen molar-refractivity contribution >= 4 is 39.8 Å². The number of aromatic carboxylic acids is 1. The maximum absolute atomic E-state index is 10.9. The van der Waals surface area contributed by atoms with Gasteiger partial charge in [0.25, 0.3) is 0 Å². The number of thiazole rings is 1. The first-order valence-electron chi connectivity index (χ1n) is 7.07. The van der Waals surface area contributed by atoms with Gasteiger partial charge in [0, 0.05) is 28.5 Å². The summed E-state index contributed by atoms with van der Waals surface area (Å²) in [7, 11) is 4.06. The molecule has 0 bridgehead atoms. The summed E-state index contributed by atoms with van der Waals surface area (Å²) in [6.45, 7) is 0.921. The number of carbonyl (C=O) groups is 1. The molecule has 0 fully saturated rings. The summed E-state index contributed by atoms with van der Waals surface area (Å²) >= 11 is 7.39.